The highest BCUT2D eigenvalue weighted by Crippen LogP contribution is 2.32. The Morgan fingerprint density at radius 1 is 1.21 bits per heavy atom. The molecule has 34 heavy (non-hydrogen) atoms. The molecule has 0 atom stereocenters. The summed E-state index contributed by atoms with van der Waals surface area (Å²) in [7, 11) is 0. The Morgan fingerprint density at radius 3 is 2.68 bits per heavy atom. The summed E-state index contributed by atoms with van der Waals surface area (Å²) in [5.41, 5.74) is 0. The number of aryl methyl sites for hydroxylation is 2. The summed E-state index contributed by atoms with van der Waals surface area (Å²) in [6, 6.07) is 2.22. The van der Waals surface area contributed by atoms with Crippen LogP contribution in [0.1, 0.15) is 37.4 Å². The van der Waals surface area contributed by atoms with Crippen molar-refractivity contribution >= 4 is 33.3 Å². The minimum atomic E-state index is 0.151. The van der Waals surface area contributed by atoms with Gasteiger partial charge in [-0.05, 0) is 24.1 Å². The molecule has 0 aliphatic carbocycles. The molecule has 10 heteroatoms. The molecule has 0 aromatic carbocycles. The largest absolute Gasteiger partial charge is 0.352 e. The van der Waals surface area contributed by atoms with Gasteiger partial charge in [0, 0.05) is 43.9 Å². The van der Waals surface area contributed by atoms with Crippen LogP contribution in [0.5, 0.6) is 0 Å². The predicted octanol–water partition coefficient (Wildman–Crippen LogP) is 4.22. The molecule has 1 aliphatic rings. The van der Waals surface area contributed by atoms with E-state index in [1.807, 2.05) is 4.90 Å². The van der Waals surface area contributed by atoms with Crippen molar-refractivity contribution in [1.29, 1.82) is 0 Å². The zero-order valence-electron chi connectivity index (χ0n) is 20.3. The van der Waals surface area contributed by atoms with Gasteiger partial charge in [-0.25, -0.2) is 9.97 Å². The molecule has 0 N–H and O–H groups in total. The van der Waals surface area contributed by atoms with E-state index in [1.165, 1.54) is 10.0 Å². The van der Waals surface area contributed by atoms with Crippen LogP contribution in [0, 0.1) is 0 Å². The third-order valence-corrected chi connectivity index (χ3v) is 6.67. The summed E-state index contributed by atoms with van der Waals surface area (Å²) >= 11 is 1.75. The first-order valence-electron chi connectivity index (χ1n) is 11.9. The highest BCUT2D eigenvalue weighted by Gasteiger charge is 2.24. The summed E-state index contributed by atoms with van der Waals surface area (Å²) in [5, 5.41) is 10.4. The van der Waals surface area contributed by atoms with Crippen molar-refractivity contribution in [3.63, 3.8) is 0 Å². The van der Waals surface area contributed by atoms with Crippen molar-refractivity contribution < 1.29 is 9.63 Å². The molecule has 2 aromatic heterocycles. The Balaban J connectivity index is 1.50. The number of piperazine rings is 1. The Hall–Kier alpha value is -2.85. The second-order valence-corrected chi connectivity index (χ2v) is 9.05. The number of hydrogen-bond acceptors (Lipinski definition) is 8. The molecule has 0 saturated carbocycles. The fourth-order valence-corrected chi connectivity index (χ4v) is 4.66. The highest BCUT2D eigenvalue weighted by molar-refractivity contribution is 7.18. The van der Waals surface area contributed by atoms with Crippen LogP contribution < -0.4 is 4.90 Å². The minimum absolute atomic E-state index is 0.151. The zero-order chi connectivity index (χ0) is 24.3. The first-order chi connectivity index (χ1) is 16.6. The van der Waals surface area contributed by atoms with E-state index >= 15 is 0 Å². The standard InChI is InChI=1S/C24H35N7O2S/c1-5-11-25-28-31(12-6-2)33-17-9-10-22(32)29-13-15-30(16-14-29)23-20-18-19(7-3)34-24(20)27-21(8-4)26-23/h5-6,18H,1-2,7-17H2,3-4H3. The Morgan fingerprint density at radius 2 is 2.00 bits per heavy atom. The SMILES string of the molecule is C=CCN=NN(CC=C)OCCCC(=O)N1CCN(c2nc(CC)nc3sc(CC)cc23)CC1. The van der Waals surface area contributed by atoms with Crippen molar-refractivity contribution in [1.82, 2.24) is 20.0 Å². The Kier molecular flexibility index (Phi) is 9.96. The van der Waals surface area contributed by atoms with Gasteiger partial charge in [-0.1, -0.05) is 26.0 Å². The Labute approximate surface area is 205 Å². The topological polar surface area (TPSA) is 86.5 Å². The summed E-state index contributed by atoms with van der Waals surface area (Å²) in [4.78, 5) is 34.5. The van der Waals surface area contributed by atoms with Gasteiger partial charge < -0.3 is 9.80 Å². The molecule has 0 radical (unpaired) electrons. The third-order valence-electron chi connectivity index (χ3n) is 5.50. The van der Waals surface area contributed by atoms with Crippen molar-refractivity contribution in [2.24, 2.45) is 10.3 Å². The lowest BCUT2D eigenvalue weighted by atomic mass is 10.2. The maximum absolute atomic E-state index is 12.7. The van der Waals surface area contributed by atoms with Crippen molar-refractivity contribution in [2.45, 2.75) is 39.5 Å². The maximum atomic E-state index is 12.7. The molecule has 2 aromatic rings. The molecule has 184 valence electrons. The van der Waals surface area contributed by atoms with E-state index in [1.54, 1.807) is 23.5 Å². The predicted molar refractivity (Wildman–Crippen MR) is 137 cm³/mol. The molecule has 1 saturated heterocycles. The van der Waals surface area contributed by atoms with E-state index in [-0.39, 0.29) is 5.91 Å². The van der Waals surface area contributed by atoms with Crippen LogP contribution in [-0.2, 0) is 22.5 Å². The smallest absolute Gasteiger partial charge is 0.222 e. The molecule has 0 unspecified atom stereocenters. The fourth-order valence-electron chi connectivity index (χ4n) is 3.68. The summed E-state index contributed by atoms with van der Waals surface area (Å²) in [6.07, 6.45) is 6.21. The molecule has 0 spiro atoms. The number of nitrogens with zero attached hydrogens (tertiary/aromatic N) is 7. The number of hydrogen-bond donors (Lipinski definition) is 0. The van der Waals surface area contributed by atoms with Crippen LogP contribution in [0.15, 0.2) is 41.7 Å². The summed E-state index contributed by atoms with van der Waals surface area (Å²) in [6.45, 7) is 15.7. The first kappa shape index (κ1) is 25.8. The van der Waals surface area contributed by atoms with Crippen LogP contribution in [0.2, 0.25) is 0 Å². The van der Waals surface area contributed by atoms with Gasteiger partial charge in [0.05, 0.1) is 25.1 Å². The summed E-state index contributed by atoms with van der Waals surface area (Å²) < 4.78 is 0. The molecule has 0 bridgehead atoms. The lowest BCUT2D eigenvalue weighted by Crippen LogP contribution is -2.49. The van der Waals surface area contributed by atoms with Crippen LogP contribution in [-0.4, -0.2) is 71.8 Å². The second-order valence-electron chi connectivity index (χ2n) is 7.93. The zero-order valence-corrected chi connectivity index (χ0v) is 21.1. The van der Waals surface area contributed by atoms with Crippen LogP contribution in [0.4, 0.5) is 5.82 Å². The van der Waals surface area contributed by atoms with Crippen molar-refractivity contribution in [3.8, 4) is 0 Å². The van der Waals surface area contributed by atoms with E-state index in [9.17, 15) is 4.79 Å². The third kappa shape index (κ3) is 6.83. The van der Waals surface area contributed by atoms with Crippen molar-refractivity contribution in [3.05, 3.63) is 42.1 Å². The lowest BCUT2D eigenvalue weighted by Gasteiger charge is -2.35. The number of aromatic nitrogens is 2. The number of rotatable bonds is 13. The minimum Gasteiger partial charge on any atom is -0.352 e. The number of carbonyl (C=O) groups is 1. The Bertz CT molecular complexity index is 999. The number of fused-ring (bicyclic) bond motifs is 1. The van der Waals surface area contributed by atoms with Crippen LogP contribution in [0.3, 0.4) is 0 Å². The number of carbonyl (C=O) groups excluding carboxylic acids is 1. The molecular formula is C24H35N7O2S. The normalized spacial score (nSPS) is 14.2. The molecule has 1 fully saturated rings. The van der Waals surface area contributed by atoms with E-state index < -0.39 is 0 Å². The number of hydroxylamine groups is 1. The van der Waals surface area contributed by atoms with Gasteiger partial charge in [-0.15, -0.1) is 24.5 Å². The quantitative estimate of drug-likeness (QED) is 0.183. The molecule has 3 heterocycles. The highest BCUT2D eigenvalue weighted by atomic mass is 32.1. The lowest BCUT2D eigenvalue weighted by molar-refractivity contribution is -0.160. The molecule has 3 rings (SSSR count). The first-order valence-corrected chi connectivity index (χ1v) is 12.7. The fraction of sp³-hybridized carbons (Fsp3) is 0.542. The van der Waals surface area contributed by atoms with Crippen molar-refractivity contribution in [2.75, 3.05) is 50.8 Å². The number of thiophene rings is 1. The van der Waals surface area contributed by atoms with Gasteiger partial charge in [0.1, 0.15) is 16.5 Å². The van der Waals surface area contributed by atoms with Gasteiger partial charge >= 0.3 is 0 Å². The van der Waals surface area contributed by atoms with Gasteiger partial charge in [-0.2, -0.15) is 10.3 Å². The monoisotopic (exact) mass is 485 g/mol. The summed E-state index contributed by atoms with van der Waals surface area (Å²) in [5.74, 6) is 2.03. The van der Waals surface area contributed by atoms with E-state index in [0.717, 1.165) is 47.8 Å². The van der Waals surface area contributed by atoms with Gasteiger partial charge in [0.2, 0.25) is 5.91 Å². The number of amides is 1. The molecule has 1 aliphatic heterocycles. The maximum Gasteiger partial charge on any atom is 0.222 e. The number of anilines is 1. The van der Waals surface area contributed by atoms with Gasteiger partial charge in [-0.3, -0.25) is 9.63 Å². The molecular weight excluding hydrogens is 450 g/mol. The average molecular weight is 486 g/mol. The average Bonchev–Trinajstić information content (AvgIpc) is 3.29. The van der Waals surface area contributed by atoms with Gasteiger partial charge in [0.15, 0.2) is 0 Å². The van der Waals surface area contributed by atoms with Crippen LogP contribution >= 0.6 is 11.3 Å². The van der Waals surface area contributed by atoms with Crippen LogP contribution in [0.25, 0.3) is 10.2 Å². The molecule has 1 amide bonds. The van der Waals surface area contributed by atoms with E-state index in [4.69, 9.17) is 14.8 Å². The van der Waals surface area contributed by atoms with E-state index in [0.29, 0.717) is 45.6 Å². The second kappa shape index (κ2) is 13.1. The van der Waals surface area contributed by atoms with Gasteiger partial charge in [0.25, 0.3) is 0 Å². The molecule has 9 nitrogen and oxygen atoms in total. The van der Waals surface area contributed by atoms with E-state index in [2.05, 4.69) is 48.3 Å².